The highest BCUT2D eigenvalue weighted by atomic mass is 32.1. The number of benzene rings is 1. The SMILES string of the molecule is O=C(NCc1cccs1)NC[C@](O)(c1ccccc1)C1CC1. The van der Waals surface area contributed by atoms with Crippen LogP contribution in [-0.2, 0) is 12.1 Å². The maximum Gasteiger partial charge on any atom is 0.315 e. The quantitative estimate of drug-likeness (QED) is 0.767. The molecule has 0 bridgehead atoms. The molecule has 22 heavy (non-hydrogen) atoms. The molecule has 116 valence electrons. The van der Waals surface area contributed by atoms with E-state index in [4.69, 9.17) is 0 Å². The molecule has 5 heteroatoms. The Morgan fingerprint density at radius 2 is 1.95 bits per heavy atom. The molecule has 1 heterocycles. The maximum atomic E-state index is 11.9. The fraction of sp³-hybridized carbons (Fsp3) is 0.353. The average Bonchev–Trinajstić information content (AvgIpc) is 3.29. The topological polar surface area (TPSA) is 61.4 Å². The van der Waals surface area contributed by atoms with Crippen molar-refractivity contribution >= 4 is 17.4 Å². The first-order valence-electron chi connectivity index (χ1n) is 7.50. The van der Waals surface area contributed by atoms with E-state index in [9.17, 15) is 9.90 Å². The summed E-state index contributed by atoms with van der Waals surface area (Å²) in [6, 6.07) is 13.3. The predicted octanol–water partition coefficient (Wildman–Crippen LogP) is 2.85. The van der Waals surface area contributed by atoms with Gasteiger partial charge in [-0.15, -0.1) is 11.3 Å². The second-order valence-corrected chi connectivity index (χ2v) is 6.71. The van der Waals surface area contributed by atoms with Crippen molar-refractivity contribution in [3.8, 4) is 0 Å². The summed E-state index contributed by atoms with van der Waals surface area (Å²) in [7, 11) is 0. The molecule has 0 aliphatic heterocycles. The second kappa shape index (κ2) is 6.50. The third kappa shape index (κ3) is 3.48. The minimum atomic E-state index is -0.971. The van der Waals surface area contributed by atoms with E-state index < -0.39 is 5.60 Å². The highest BCUT2D eigenvalue weighted by Crippen LogP contribution is 2.45. The number of rotatable bonds is 6. The van der Waals surface area contributed by atoms with E-state index in [2.05, 4.69) is 10.6 Å². The van der Waals surface area contributed by atoms with Gasteiger partial charge in [0.05, 0.1) is 13.1 Å². The number of thiophene rings is 1. The average molecular weight is 316 g/mol. The summed E-state index contributed by atoms with van der Waals surface area (Å²) < 4.78 is 0. The molecule has 2 amide bonds. The highest BCUT2D eigenvalue weighted by molar-refractivity contribution is 7.09. The summed E-state index contributed by atoms with van der Waals surface area (Å²) in [4.78, 5) is 13.0. The van der Waals surface area contributed by atoms with Crippen LogP contribution in [0.4, 0.5) is 4.79 Å². The Morgan fingerprint density at radius 3 is 2.59 bits per heavy atom. The van der Waals surface area contributed by atoms with Crippen molar-refractivity contribution in [2.75, 3.05) is 6.54 Å². The summed E-state index contributed by atoms with van der Waals surface area (Å²) in [6.07, 6.45) is 2.01. The number of aliphatic hydroxyl groups is 1. The highest BCUT2D eigenvalue weighted by Gasteiger charge is 2.45. The minimum Gasteiger partial charge on any atom is -0.383 e. The van der Waals surface area contributed by atoms with Crippen LogP contribution in [-0.4, -0.2) is 17.7 Å². The molecule has 1 aliphatic rings. The lowest BCUT2D eigenvalue weighted by atomic mass is 9.89. The summed E-state index contributed by atoms with van der Waals surface area (Å²) in [5.74, 6) is 0.229. The molecule has 1 atom stereocenters. The molecule has 3 N–H and O–H groups in total. The molecule has 0 unspecified atom stereocenters. The van der Waals surface area contributed by atoms with E-state index >= 15 is 0 Å². The van der Waals surface area contributed by atoms with Gasteiger partial charge in [0.2, 0.25) is 0 Å². The van der Waals surface area contributed by atoms with E-state index in [1.54, 1.807) is 11.3 Å². The van der Waals surface area contributed by atoms with Crippen LogP contribution in [0.2, 0.25) is 0 Å². The fourth-order valence-corrected chi connectivity index (χ4v) is 3.27. The first-order valence-corrected chi connectivity index (χ1v) is 8.38. The summed E-state index contributed by atoms with van der Waals surface area (Å²) in [6.45, 7) is 0.745. The Balaban J connectivity index is 1.57. The van der Waals surface area contributed by atoms with Gasteiger partial charge in [-0.3, -0.25) is 0 Å². The van der Waals surface area contributed by atoms with E-state index in [0.717, 1.165) is 23.3 Å². The van der Waals surface area contributed by atoms with Gasteiger partial charge < -0.3 is 15.7 Å². The molecule has 1 fully saturated rings. The maximum absolute atomic E-state index is 11.9. The summed E-state index contributed by atoms with van der Waals surface area (Å²) >= 11 is 1.61. The van der Waals surface area contributed by atoms with E-state index in [0.29, 0.717) is 6.54 Å². The van der Waals surface area contributed by atoms with Gasteiger partial charge in [0.1, 0.15) is 5.60 Å². The molecule has 0 spiro atoms. The first-order chi connectivity index (χ1) is 10.7. The molecular formula is C17H20N2O2S. The Morgan fingerprint density at radius 1 is 1.18 bits per heavy atom. The number of hydrogen-bond donors (Lipinski definition) is 3. The van der Waals surface area contributed by atoms with Crippen molar-refractivity contribution in [1.82, 2.24) is 10.6 Å². The number of urea groups is 1. The Bertz CT molecular complexity index is 611. The zero-order valence-electron chi connectivity index (χ0n) is 12.3. The lowest BCUT2D eigenvalue weighted by Gasteiger charge is -2.29. The van der Waals surface area contributed by atoms with Crippen molar-refractivity contribution in [1.29, 1.82) is 0 Å². The summed E-state index contributed by atoms with van der Waals surface area (Å²) in [5.41, 5.74) is -0.0994. The monoisotopic (exact) mass is 316 g/mol. The molecule has 0 radical (unpaired) electrons. The van der Waals surface area contributed by atoms with Crippen LogP contribution in [0.3, 0.4) is 0 Å². The summed E-state index contributed by atoms with van der Waals surface area (Å²) in [5, 5.41) is 18.6. The van der Waals surface area contributed by atoms with Crippen LogP contribution in [0.5, 0.6) is 0 Å². The van der Waals surface area contributed by atoms with Gasteiger partial charge in [0.25, 0.3) is 0 Å². The number of hydrogen-bond acceptors (Lipinski definition) is 3. The lowest BCUT2D eigenvalue weighted by molar-refractivity contribution is 0.0160. The largest absolute Gasteiger partial charge is 0.383 e. The van der Waals surface area contributed by atoms with Gasteiger partial charge in [0.15, 0.2) is 0 Å². The van der Waals surface area contributed by atoms with Crippen molar-refractivity contribution < 1.29 is 9.90 Å². The molecule has 0 saturated heterocycles. The Hall–Kier alpha value is -1.85. The van der Waals surface area contributed by atoms with Crippen LogP contribution < -0.4 is 10.6 Å². The number of carbonyl (C=O) groups is 1. The normalized spacial score (nSPS) is 16.8. The third-order valence-corrected chi connectivity index (χ3v) is 4.92. The molecule has 1 saturated carbocycles. The van der Waals surface area contributed by atoms with Crippen LogP contribution in [0.1, 0.15) is 23.3 Å². The molecule has 1 aromatic heterocycles. The molecule has 4 nitrogen and oxygen atoms in total. The smallest absolute Gasteiger partial charge is 0.315 e. The van der Waals surface area contributed by atoms with Crippen LogP contribution in [0.15, 0.2) is 47.8 Å². The van der Waals surface area contributed by atoms with E-state index in [1.165, 1.54) is 0 Å². The van der Waals surface area contributed by atoms with Crippen LogP contribution in [0.25, 0.3) is 0 Å². The van der Waals surface area contributed by atoms with Gasteiger partial charge in [0, 0.05) is 4.88 Å². The van der Waals surface area contributed by atoms with Gasteiger partial charge in [-0.05, 0) is 35.8 Å². The van der Waals surface area contributed by atoms with Crippen molar-refractivity contribution in [2.24, 2.45) is 5.92 Å². The van der Waals surface area contributed by atoms with Gasteiger partial charge in [-0.2, -0.15) is 0 Å². The first kappa shape index (κ1) is 15.1. The zero-order chi connectivity index (χ0) is 15.4. The fourth-order valence-electron chi connectivity index (χ4n) is 2.63. The van der Waals surface area contributed by atoms with Crippen molar-refractivity contribution in [3.05, 3.63) is 58.3 Å². The number of amides is 2. The van der Waals surface area contributed by atoms with Crippen LogP contribution >= 0.6 is 11.3 Å². The third-order valence-electron chi connectivity index (χ3n) is 4.05. The molecule has 1 aliphatic carbocycles. The number of carbonyl (C=O) groups excluding carboxylic acids is 1. The van der Waals surface area contributed by atoms with Crippen LogP contribution in [0, 0.1) is 5.92 Å². The molecule has 2 aromatic rings. The second-order valence-electron chi connectivity index (χ2n) is 5.68. The minimum absolute atomic E-state index is 0.229. The standard InChI is InChI=1S/C17H20N2O2S/c20-16(18-11-15-7-4-10-22-15)19-12-17(21,14-8-9-14)13-5-2-1-3-6-13/h1-7,10,14,21H,8-9,11-12H2,(H2,18,19,20)/t17-/m0/s1. The number of nitrogens with one attached hydrogen (secondary N) is 2. The van der Waals surface area contributed by atoms with Gasteiger partial charge in [-0.25, -0.2) is 4.79 Å². The molecule has 1 aromatic carbocycles. The van der Waals surface area contributed by atoms with E-state index in [-0.39, 0.29) is 18.5 Å². The molecule has 3 rings (SSSR count). The Kier molecular flexibility index (Phi) is 4.45. The van der Waals surface area contributed by atoms with Gasteiger partial charge in [-0.1, -0.05) is 36.4 Å². The van der Waals surface area contributed by atoms with Gasteiger partial charge >= 0.3 is 6.03 Å². The molecular weight excluding hydrogens is 296 g/mol. The van der Waals surface area contributed by atoms with E-state index in [1.807, 2.05) is 47.8 Å². The predicted molar refractivity (Wildman–Crippen MR) is 87.6 cm³/mol. The Labute approximate surface area is 134 Å². The zero-order valence-corrected chi connectivity index (χ0v) is 13.1. The van der Waals surface area contributed by atoms with Crippen molar-refractivity contribution in [3.63, 3.8) is 0 Å². The van der Waals surface area contributed by atoms with Crippen molar-refractivity contribution in [2.45, 2.75) is 25.0 Å². The lowest BCUT2D eigenvalue weighted by Crippen LogP contribution is -2.45.